The van der Waals surface area contributed by atoms with Gasteiger partial charge in [0.1, 0.15) is 17.3 Å². The summed E-state index contributed by atoms with van der Waals surface area (Å²) in [5.74, 6) is 3.11. The number of methoxy groups -OCH3 is 2. The molecule has 172 valence electrons. The van der Waals surface area contributed by atoms with E-state index < -0.39 is 0 Å². The predicted molar refractivity (Wildman–Crippen MR) is 129 cm³/mol. The van der Waals surface area contributed by atoms with Gasteiger partial charge < -0.3 is 19.5 Å². The Kier molecular flexibility index (Phi) is 5.86. The summed E-state index contributed by atoms with van der Waals surface area (Å²) in [7, 11) is 3.16. The van der Waals surface area contributed by atoms with Gasteiger partial charge in [-0.2, -0.15) is 0 Å². The molecular formula is C26H24N4O4. The van der Waals surface area contributed by atoms with Gasteiger partial charge in [0.15, 0.2) is 11.5 Å². The van der Waals surface area contributed by atoms with Crippen LogP contribution in [0.1, 0.15) is 17.9 Å². The molecule has 5 rings (SSSR count). The molecule has 1 aliphatic carbocycles. The zero-order valence-electron chi connectivity index (χ0n) is 18.8. The zero-order chi connectivity index (χ0) is 23.5. The fourth-order valence-corrected chi connectivity index (χ4v) is 3.92. The number of amides is 2. The molecule has 8 heteroatoms. The van der Waals surface area contributed by atoms with Crippen molar-refractivity contribution in [2.75, 3.05) is 19.5 Å². The van der Waals surface area contributed by atoms with E-state index in [2.05, 4.69) is 32.7 Å². The van der Waals surface area contributed by atoms with Crippen LogP contribution in [-0.2, 0) is 0 Å². The third-order valence-corrected chi connectivity index (χ3v) is 5.75. The first-order valence-electron chi connectivity index (χ1n) is 10.9. The van der Waals surface area contributed by atoms with Crippen molar-refractivity contribution in [2.24, 2.45) is 0 Å². The monoisotopic (exact) mass is 456 g/mol. The molecule has 2 aromatic carbocycles. The molecule has 2 heterocycles. The van der Waals surface area contributed by atoms with Gasteiger partial charge in [0.25, 0.3) is 0 Å². The quantitative estimate of drug-likeness (QED) is 0.401. The molecule has 8 nitrogen and oxygen atoms in total. The Balaban J connectivity index is 1.23. The number of carbonyl (C=O) groups is 1. The van der Waals surface area contributed by atoms with E-state index in [1.807, 2.05) is 24.3 Å². The molecule has 0 saturated heterocycles. The van der Waals surface area contributed by atoms with Gasteiger partial charge in [0.2, 0.25) is 0 Å². The molecule has 4 aromatic rings. The van der Waals surface area contributed by atoms with Crippen LogP contribution in [0.5, 0.6) is 23.0 Å². The lowest BCUT2D eigenvalue weighted by Gasteiger charge is -2.12. The fourth-order valence-electron chi connectivity index (χ4n) is 3.92. The van der Waals surface area contributed by atoms with E-state index in [4.69, 9.17) is 14.2 Å². The van der Waals surface area contributed by atoms with E-state index in [-0.39, 0.29) is 12.1 Å². The first kappa shape index (κ1) is 21.5. The van der Waals surface area contributed by atoms with Gasteiger partial charge in [-0.25, -0.2) is 9.78 Å². The highest BCUT2D eigenvalue weighted by molar-refractivity contribution is 5.89. The molecule has 0 spiro atoms. The molecular weight excluding hydrogens is 432 g/mol. The van der Waals surface area contributed by atoms with Crippen molar-refractivity contribution in [1.82, 2.24) is 15.3 Å². The number of pyridine rings is 2. The Morgan fingerprint density at radius 1 is 0.941 bits per heavy atom. The predicted octanol–water partition coefficient (Wildman–Crippen LogP) is 5.12. The lowest BCUT2D eigenvalue weighted by molar-refractivity contribution is 0.251. The number of carbonyl (C=O) groups excluding carboxylic acids is 1. The number of fused-ring (bicyclic) bond motifs is 1. The number of anilines is 1. The Labute approximate surface area is 196 Å². The average molecular weight is 457 g/mol. The molecule has 1 fully saturated rings. The zero-order valence-corrected chi connectivity index (χ0v) is 18.8. The van der Waals surface area contributed by atoms with Gasteiger partial charge in [-0.05, 0) is 36.2 Å². The Morgan fingerprint density at radius 2 is 1.74 bits per heavy atom. The fraction of sp³-hybridized carbons (Fsp3) is 0.192. The van der Waals surface area contributed by atoms with Crippen LogP contribution < -0.4 is 24.8 Å². The highest BCUT2D eigenvalue weighted by Gasteiger charge is 2.39. The molecule has 0 radical (unpaired) electrons. The summed E-state index contributed by atoms with van der Waals surface area (Å²) >= 11 is 0. The minimum Gasteiger partial charge on any atom is -0.493 e. The Bertz CT molecular complexity index is 1310. The maximum absolute atomic E-state index is 12.4. The first-order valence-corrected chi connectivity index (χ1v) is 10.9. The van der Waals surface area contributed by atoms with E-state index in [1.165, 1.54) is 5.56 Å². The van der Waals surface area contributed by atoms with Crippen molar-refractivity contribution in [3.05, 3.63) is 78.6 Å². The summed E-state index contributed by atoms with van der Waals surface area (Å²) < 4.78 is 16.8. The SMILES string of the molecule is COc1cc2nccc(Oc3ccc(NC(=O)NC4CC4c4ccccc4)nc3)c2cc1OC. The maximum atomic E-state index is 12.4. The van der Waals surface area contributed by atoms with E-state index in [0.717, 1.165) is 11.8 Å². The van der Waals surface area contributed by atoms with Crippen LogP contribution >= 0.6 is 0 Å². The van der Waals surface area contributed by atoms with Gasteiger partial charge in [-0.1, -0.05) is 30.3 Å². The number of urea groups is 1. The van der Waals surface area contributed by atoms with Crippen molar-refractivity contribution in [3.63, 3.8) is 0 Å². The van der Waals surface area contributed by atoms with Gasteiger partial charge in [0, 0.05) is 29.6 Å². The highest BCUT2D eigenvalue weighted by atomic mass is 16.5. The molecule has 2 unspecified atom stereocenters. The van der Waals surface area contributed by atoms with Crippen molar-refractivity contribution in [2.45, 2.75) is 18.4 Å². The van der Waals surface area contributed by atoms with Gasteiger partial charge in [-0.3, -0.25) is 10.3 Å². The number of aromatic nitrogens is 2. The Morgan fingerprint density at radius 3 is 2.47 bits per heavy atom. The first-order chi connectivity index (χ1) is 16.6. The minimum atomic E-state index is -0.272. The highest BCUT2D eigenvalue weighted by Crippen LogP contribution is 2.40. The largest absolute Gasteiger partial charge is 0.493 e. The van der Waals surface area contributed by atoms with Crippen LogP contribution in [0.2, 0.25) is 0 Å². The second-order valence-electron chi connectivity index (χ2n) is 7.97. The van der Waals surface area contributed by atoms with E-state index in [0.29, 0.717) is 40.3 Å². The smallest absolute Gasteiger partial charge is 0.320 e. The summed E-state index contributed by atoms with van der Waals surface area (Å²) in [4.78, 5) is 21.0. The van der Waals surface area contributed by atoms with Crippen LogP contribution in [0.4, 0.5) is 10.6 Å². The van der Waals surface area contributed by atoms with Crippen molar-refractivity contribution in [3.8, 4) is 23.0 Å². The van der Waals surface area contributed by atoms with E-state index in [9.17, 15) is 4.79 Å². The van der Waals surface area contributed by atoms with Crippen molar-refractivity contribution >= 4 is 22.8 Å². The molecule has 0 bridgehead atoms. The summed E-state index contributed by atoms with van der Waals surface area (Å²) in [5.41, 5.74) is 1.96. The van der Waals surface area contributed by atoms with Gasteiger partial charge in [-0.15, -0.1) is 0 Å². The second kappa shape index (κ2) is 9.27. The summed E-state index contributed by atoms with van der Waals surface area (Å²) in [6.07, 6.45) is 4.17. The number of hydrogen-bond acceptors (Lipinski definition) is 6. The van der Waals surface area contributed by atoms with E-state index >= 15 is 0 Å². The van der Waals surface area contributed by atoms with Gasteiger partial charge >= 0.3 is 6.03 Å². The molecule has 1 aliphatic rings. The third-order valence-electron chi connectivity index (χ3n) is 5.75. The number of rotatable bonds is 7. The van der Waals surface area contributed by atoms with Crippen molar-refractivity contribution < 1.29 is 19.0 Å². The summed E-state index contributed by atoms with van der Waals surface area (Å²) in [6.45, 7) is 0. The average Bonchev–Trinajstić information content (AvgIpc) is 3.64. The Hall–Kier alpha value is -4.33. The topological polar surface area (TPSA) is 94.6 Å². The number of nitrogens with zero attached hydrogens (tertiary/aromatic N) is 2. The van der Waals surface area contributed by atoms with Crippen LogP contribution in [-0.4, -0.2) is 36.3 Å². The van der Waals surface area contributed by atoms with Crippen LogP contribution in [0, 0.1) is 0 Å². The van der Waals surface area contributed by atoms with Crippen LogP contribution in [0.3, 0.4) is 0 Å². The van der Waals surface area contributed by atoms with E-state index in [1.54, 1.807) is 50.9 Å². The van der Waals surface area contributed by atoms with Crippen LogP contribution in [0.15, 0.2) is 73.1 Å². The third kappa shape index (κ3) is 4.56. The number of benzene rings is 2. The second-order valence-corrected chi connectivity index (χ2v) is 7.97. The summed E-state index contributed by atoms with van der Waals surface area (Å²) in [5, 5.41) is 6.55. The molecule has 34 heavy (non-hydrogen) atoms. The summed E-state index contributed by atoms with van der Waals surface area (Å²) in [6, 6.07) is 18.9. The molecule has 1 saturated carbocycles. The molecule has 2 amide bonds. The maximum Gasteiger partial charge on any atom is 0.320 e. The molecule has 2 aromatic heterocycles. The van der Waals surface area contributed by atoms with Gasteiger partial charge in [0.05, 0.1) is 25.9 Å². The minimum absolute atomic E-state index is 0.139. The number of ether oxygens (including phenoxy) is 3. The number of nitrogens with one attached hydrogen (secondary N) is 2. The van der Waals surface area contributed by atoms with Crippen LogP contribution in [0.25, 0.3) is 10.9 Å². The molecule has 0 aliphatic heterocycles. The molecule has 2 N–H and O–H groups in total. The molecule has 2 atom stereocenters. The lowest BCUT2D eigenvalue weighted by Crippen LogP contribution is -2.31. The number of hydrogen-bond donors (Lipinski definition) is 2. The van der Waals surface area contributed by atoms with Crippen molar-refractivity contribution in [1.29, 1.82) is 0 Å². The normalized spacial score (nSPS) is 16.5. The lowest BCUT2D eigenvalue weighted by atomic mass is 10.1. The standard InChI is InChI=1S/C26H24N4O4/c1-32-23-13-19-20(14-24(23)33-2)27-11-10-22(19)34-17-8-9-25(28-15-17)30-26(31)29-21-12-18(21)16-6-4-3-5-7-16/h3-11,13-15,18,21H,12H2,1-2H3,(H2,28,29,30,31).